The number of carbonyl (C=O) groups is 3. The molecular weight excluding hydrogens is 666 g/mol. The molecule has 0 atom stereocenters. The fraction of sp³-hybridized carbons (Fsp3) is 0.395. The van der Waals surface area contributed by atoms with Gasteiger partial charge in [-0.3, -0.25) is 24.8 Å². The first-order valence-corrected chi connectivity index (χ1v) is 17.4. The SMILES string of the molecule is CCN(CC)c1ccc(NC(=O)c2cccc(CCCOCCOCCOCCOCCNC(=O)C(=N)/C=C\N)c2)c(-c2cc(C(N)=O)ccn2)c1. The smallest absolute Gasteiger partial charge is 0.269 e. The molecule has 0 saturated heterocycles. The van der Waals surface area contributed by atoms with Crippen LogP contribution in [0, 0.1) is 5.41 Å². The van der Waals surface area contributed by atoms with Gasteiger partial charge in [0.2, 0.25) is 5.91 Å². The zero-order valence-electron chi connectivity index (χ0n) is 30.0. The number of amides is 3. The third-order valence-electron chi connectivity index (χ3n) is 7.80. The van der Waals surface area contributed by atoms with Gasteiger partial charge in [0.05, 0.1) is 57.6 Å². The molecule has 0 fully saturated rings. The maximum atomic E-state index is 13.4. The average Bonchev–Trinajstić information content (AvgIpc) is 3.15. The lowest BCUT2D eigenvalue weighted by Crippen LogP contribution is -2.32. The molecule has 14 nitrogen and oxygen atoms in total. The van der Waals surface area contributed by atoms with Crippen molar-refractivity contribution in [2.24, 2.45) is 11.5 Å². The zero-order valence-corrected chi connectivity index (χ0v) is 30.0. The number of carbonyl (C=O) groups excluding carboxylic acids is 3. The molecule has 2 aromatic carbocycles. The summed E-state index contributed by atoms with van der Waals surface area (Å²) in [5.41, 5.74) is 15.1. The summed E-state index contributed by atoms with van der Waals surface area (Å²) in [5.74, 6) is -1.31. The molecule has 1 aromatic heterocycles. The predicted octanol–water partition coefficient (Wildman–Crippen LogP) is 3.55. The minimum Gasteiger partial charge on any atom is -0.405 e. The van der Waals surface area contributed by atoms with Gasteiger partial charge < -0.3 is 45.9 Å². The summed E-state index contributed by atoms with van der Waals surface area (Å²) in [7, 11) is 0. The maximum Gasteiger partial charge on any atom is 0.269 e. The minimum absolute atomic E-state index is 0.211. The molecule has 3 aromatic rings. The Morgan fingerprint density at radius 1 is 0.846 bits per heavy atom. The minimum atomic E-state index is -0.551. The second-order valence-electron chi connectivity index (χ2n) is 11.4. The summed E-state index contributed by atoms with van der Waals surface area (Å²) in [6, 6.07) is 16.5. The maximum absolute atomic E-state index is 13.4. The Morgan fingerprint density at radius 2 is 1.52 bits per heavy atom. The van der Waals surface area contributed by atoms with E-state index in [4.69, 9.17) is 35.8 Å². The molecule has 280 valence electrons. The van der Waals surface area contributed by atoms with Crippen LogP contribution in [-0.2, 0) is 30.2 Å². The van der Waals surface area contributed by atoms with Crippen molar-refractivity contribution >= 4 is 34.8 Å². The van der Waals surface area contributed by atoms with Crippen LogP contribution in [-0.4, -0.2) is 101 Å². The number of hydrogen-bond acceptors (Lipinski definition) is 11. The largest absolute Gasteiger partial charge is 0.405 e. The van der Waals surface area contributed by atoms with Crippen LogP contribution in [0.1, 0.15) is 46.5 Å². The van der Waals surface area contributed by atoms with Gasteiger partial charge in [-0.25, -0.2) is 0 Å². The molecule has 0 radical (unpaired) electrons. The van der Waals surface area contributed by atoms with Crippen molar-refractivity contribution in [2.45, 2.75) is 26.7 Å². The van der Waals surface area contributed by atoms with Crippen molar-refractivity contribution in [3.63, 3.8) is 0 Å². The molecule has 0 unspecified atom stereocenters. The molecule has 0 bridgehead atoms. The number of aryl methyl sites for hydroxylation is 1. The number of ether oxygens (including phenoxy) is 4. The van der Waals surface area contributed by atoms with Crippen LogP contribution >= 0.6 is 0 Å². The first-order chi connectivity index (χ1) is 25.3. The fourth-order valence-corrected chi connectivity index (χ4v) is 5.08. The number of pyridine rings is 1. The zero-order chi connectivity index (χ0) is 37.6. The van der Waals surface area contributed by atoms with Gasteiger partial charge in [-0.2, -0.15) is 0 Å². The van der Waals surface area contributed by atoms with Gasteiger partial charge in [0, 0.05) is 54.8 Å². The molecule has 7 N–H and O–H groups in total. The van der Waals surface area contributed by atoms with Crippen LogP contribution in [0.5, 0.6) is 0 Å². The summed E-state index contributed by atoms with van der Waals surface area (Å²) >= 11 is 0. The Morgan fingerprint density at radius 3 is 2.17 bits per heavy atom. The second kappa shape index (κ2) is 23.3. The Labute approximate surface area is 305 Å². The highest BCUT2D eigenvalue weighted by Gasteiger charge is 2.16. The Balaban J connectivity index is 1.36. The lowest BCUT2D eigenvalue weighted by atomic mass is 10.0. The van der Waals surface area contributed by atoms with E-state index in [-0.39, 0.29) is 18.2 Å². The van der Waals surface area contributed by atoms with Crippen molar-refractivity contribution in [3.05, 3.63) is 89.8 Å². The van der Waals surface area contributed by atoms with E-state index < -0.39 is 11.8 Å². The van der Waals surface area contributed by atoms with Gasteiger partial charge in [0.15, 0.2) is 0 Å². The van der Waals surface area contributed by atoms with Gasteiger partial charge >= 0.3 is 0 Å². The number of nitrogens with zero attached hydrogens (tertiary/aromatic N) is 2. The fourth-order valence-electron chi connectivity index (χ4n) is 5.08. The van der Waals surface area contributed by atoms with Crippen LogP contribution in [0.2, 0.25) is 0 Å². The van der Waals surface area contributed by atoms with Gasteiger partial charge in [0.1, 0.15) is 5.71 Å². The molecule has 0 aliphatic carbocycles. The quantitative estimate of drug-likeness (QED) is 0.0637. The number of anilines is 2. The van der Waals surface area contributed by atoms with E-state index >= 15 is 0 Å². The van der Waals surface area contributed by atoms with Crippen LogP contribution in [0.3, 0.4) is 0 Å². The molecule has 52 heavy (non-hydrogen) atoms. The van der Waals surface area contributed by atoms with Crippen LogP contribution in [0.25, 0.3) is 11.3 Å². The molecule has 3 amide bonds. The number of nitrogens with one attached hydrogen (secondary N) is 3. The molecule has 3 rings (SSSR count). The van der Waals surface area contributed by atoms with Gasteiger partial charge in [-0.05, 0) is 87.0 Å². The summed E-state index contributed by atoms with van der Waals surface area (Å²) in [4.78, 5) is 43.5. The van der Waals surface area contributed by atoms with Gasteiger partial charge in [-0.1, -0.05) is 12.1 Å². The van der Waals surface area contributed by atoms with Crippen LogP contribution < -0.4 is 27.0 Å². The van der Waals surface area contributed by atoms with E-state index in [0.29, 0.717) is 80.9 Å². The molecule has 0 spiro atoms. The number of nitrogens with two attached hydrogens (primary N) is 2. The monoisotopic (exact) mass is 717 g/mol. The van der Waals surface area contributed by atoms with Crippen LogP contribution in [0.15, 0.2) is 73.1 Å². The molecule has 0 saturated carbocycles. The van der Waals surface area contributed by atoms with Crippen molar-refractivity contribution < 1.29 is 33.3 Å². The molecule has 1 heterocycles. The summed E-state index contributed by atoms with van der Waals surface area (Å²) < 4.78 is 22.1. The summed E-state index contributed by atoms with van der Waals surface area (Å²) in [6.45, 7) is 9.48. The normalized spacial score (nSPS) is 11.0. The Bertz CT molecular complexity index is 1630. The van der Waals surface area contributed by atoms with Crippen molar-refractivity contribution in [3.8, 4) is 11.3 Å². The number of aromatic nitrogens is 1. The number of rotatable bonds is 25. The second-order valence-corrected chi connectivity index (χ2v) is 11.4. The number of benzene rings is 2. The molecule has 0 aliphatic rings. The summed E-state index contributed by atoms with van der Waals surface area (Å²) in [5, 5.41) is 13.0. The average molecular weight is 718 g/mol. The van der Waals surface area contributed by atoms with Gasteiger partial charge in [-0.15, -0.1) is 0 Å². The lowest BCUT2D eigenvalue weighted by Gasteiger charge is -2.23. The molecule has 0 aliphatic heterocycles. The third-order valence-corrected chi connectivity index (χ3v) is 7.80. The Kier molecular flexibility index (Phi) is 18.5. The predicted molar refractivity (Wildman–Crippen MR) is 202 cm³/mol. The molecule has 14 heteroatoms. The highest BCUT2D eigenvalue weighted by Crippen LogP contribution is 2.32. The van der Waals surface area contributed by atoms with E-state index in [1.54, 1.807) is 18.2 Å². The van der Waals surface area contributed by atoms with Crippen LogP contribution in [0.4, 0.5) is 11.4 Å². The highest BCUT2D eigenvalue weighted by molar-refractivity contribution is 6.42. The van der Waals surface area contributed by atoms with Crippen molar-refractivity contribution in [1.82, 2.24) is 10.3 Å². The lowest BCUT2D eigenvalue weighted by molar-refractivity contribution is -0.115. The standard InChI is InChI=1S/C38H51N7O7/c1-3-45(4-2)31-10-11-34(32(27-31)35-26-29(36(41)46)13-15-42-35)44-37(47)30-9-5-7-28(25-30)8-6-17-49-19-21-51-23-24-52-22-20-50-18-16-43-38(48)33(40)12-14-39/h5,7,9-15,25-27,40H,3-4,6,8,16-24,39H2,1-2H3,(H2,41,46)(H,43,48)(H,44,47)/b14-12-,40-33?. The van der Waals surface area contributed by atoms with Crippen molar-refractivity contribution in [1.29, 1.82) is 5.41 Å². The van der Waals surface area contributed by atoms with Gasteiger partial charge in [0.25, 0.3) is 11.8 Å². The van der Waals surface area contributed by atoms with E-state index in [1.807, 2.05) is 36.4 Å². The molecular formula is C38H51N7O7. The topological polar surface area (TPSA) is 204 Å². The Hall–Kier alpha value is -5.15. The van der Waals surface area contributed by atoms with E-state index in [1.165, 1.54) is 12.3 Å². The van der Waals surface area contributed by atoms with Crippen molar-refractivity contribution in [2.75, 3.05) is 82.7 Å². The third kappa shape index (κ3) is 14.2. The first kappa shape index (κ1) is 41.3. The van der Waals surface area contributed by atoms with E-state index in [0.717, 1.165) is 43.4 Å². The van der Waals surface area contributed by atoms with E-state index in [2.05, 4.69) is 34.4 Å². The number of primary amides is 1. The van der Waals surface area contributed by atoms with E-state index in [9.17, 15) is 14.4 Å². The first-order valence-electron chi connectivity index (χ1n) is 17.4. The summed E-state index contributed by atoms with van der Waals surface area (Å²) in [6.07, 6.45) is 5.42. The highest BCUT2D eigenvalue weighted by atomic mass is 16.6. The number of hydrogen-bond donors (Lipinski definition) is 5.